The first-order valence-corrected chi connectivity index (χ1v) is 9.41. The summed E-state index contributed by atoms with van der Waals surface area (Å²) in [5.74, 6) is 1.02. The Hall–Kier alpha value is -1.10. The lowest BCUT2D eigenvalue weighted by Gasteiger charge is -2.37. The Morgan fingerprint density at radius 1 is 0.652 bits per heavy atom. The van der Waals surface area contributed by atoms with Crippen molar-refractivity contribution in [2.45, 2.75) is 44.9 Å². The Bertz CT molecular complexity index is 418. The van der Waals surface area contributed by atoms with Crippen molar-refractivity contribution in [2.24, 2.45) is 11.8 Å². The summed E-state index contributed by atoms with van der Waals surface area (Å²) in [5.41, 5.74) is 0. The topological polar surface area (TPSA) is 43.9 Å². The molecule has 5 heteroatoms. The van der Waals surface area contributed by atoms with Gasteiger partial charge in [0.1, 0.15) is 0 Å². The number of carbonyl (C=O) groups excluding carboxylic acids is 2. The van der Waals surface area contributed by atoms with Crippen molar-refractivity contribution < 1.29 is 9.59 Å². The van der Waals surface area contributed by atoms with E-state index in [1.54, 1.807) is 0 Å². The Morgan fingerprint density at radius 3 is 1.57 bits per heavy atom. The molecule has 1 aliphatic carbocycles. The molecule has 0 radical (unpaired) electrons. The molecular formula is C18H31N3O2. The molecule has 2 heterocycles. The first-order chi connectivity index (χ1) is 11.1. The van der Waals surface area contributed by atoms with Crippen molar-refractivity contribution in [3.8, 4) is 0 Å². The van der Waals surface area contributed by atoms with Gasteiger partial charge in [-0.1, -0.05) is 0 Å². The molecule has 5 nitrogen and oxygen atoms in total. The van der Waals surface area contributed by atoms with Crippen LogP contribution in [-0.2, 0) is 9.59 Å². The predicted molar refractivity (Wildman–Crippen MR) is 90.0 cm³/mol. The van der Waals surface area contributed by atoms with E-state index in [9.17, 15) is 9.59 Å². The van der Waals surface area contributed by atoms with E-state index in [1.165, 1.54) is 6.42 Å². The van der Waals surface area contributed by atoms with Crippen LogP contribution in [-0.4, -0.2) is 72.8 Å². The number of piperazine rings is 1. The lowest BCUT2D eigenvalue weighted by atomic mass is 9.80. The summed E-state index contributed by atoms with van der Waals surface area (Å²) in [6, 6.07) is 0. The molecule has 0 aromatic carbocycles. The summed E-state index contributed by atoms with van der Waals surface area (Å²) in [4.78, 5) is 31.6. The van der Waals surface area contributed by atoms with Crippen LogP contribution in [0.5, 0.6) is 0 Å². The molecule has 0 unspecified atom stereocenters. The fraction of sp³-hybridized carbons (Fsp3) is 0.889. The molecule has 0 N–H and O–H groups in total. The van der Waals surface area contributed by atoms with Crippen LogP contribution < -0.4 is 0 Å². The highest BCUT2D eigenvalue weighted by atomic mass is 16.2. The average Bonchev–Trinajstić information content (AvgIpc) is 2.62. The predicted octanol–water partition coefficient (Wildman–Crippen LogP) is 1.58. The van der Waals surface area contributed by atoms with Crippen LogP contribution in [0.4, 0.5) is 0 Å². The summed E-state index contributed by atoms with van der Waals surface area (Å²) in [6.07, 6.45) is 7.17. The molecule has 3 aliphatic rings. The molecule has 3 fully saturated rings. The lowest BCUT2D eigenvalue weighted by molar-refractivity contribution is -0.142. The summed E-state index contributed by atoms with van der Waals surface area (Å²) < 4.78 is 0. The highest BCUT2D eigenvalue weighted by molar-refractivity contribution is 5.81. The van der Waals surface area contributed by atoms with Gasteiger partial charge in [0, 0.05) is 51.1 Å². The number of likely N-dealkylation sites (tertiary alicyclic amines) is 1. The second-order valence-electron chi connectivity index (χ2n) is 7.56. The molecule has 130 valence electrons. The van der Waals surface area contributed by atoms with Gasteiger partial charge < -0.3 is 14.7 Å². The molecule has 1 saturated carbocycles. The van der Waals surface area contributed by atoms with E-state index in [4.69, 9.17) is 0 Å². The van der Waals surface area contributed by atoms with Crippen molar-refractivity contribution in [3.63, 3.8) is 0 Å². The van der Waals surface area contributed by atoms with E-state index in [0.29, 0.717) is 11.8 Å². The Kier molecular flexibility index (Phi) is 5.57. The fourth-order valence-electron chi connectivity index (χ4n) is 4.24. The van der Waals surface area contributed by atoms with Crippen LogP contribution in [0.25, 0.3) is 0 Å². The zero-order valence-corrected chi connectivity index (χ0v) is 14.5. The minimum atomic E-state index is 0.156. The Labute approximate surface area is 140 Å². The number of hydrogen-bond donors (Lipinski definition) is 0. The number of carbonyl (C=O) groups is 2. The van der Waals surface area contributed by atoms with Gasteiger partial charge in [-0.05, 0) is 52.0 Å². The second kappa shape index (κ2) is 7.65. The maximum absolute atomic E-state index is 12.7. The van der Waals surface area contributed by atoms with Gasteiger partial charge in [0.25, 0.3) is 0 Å². The van der Waals surface area contributed by atoms with Gasteiger partial charge in [-0.2, -0.15) is 0 Å². The molecule has 2 aliphatic heterocycles. The van der Waals surface area contributed by atoms with Gasteiger partial charge in [0.15, 0.2) is 0 Å². The number of rotatable bonds is 2. The van der Waals surface area contributed by atoms with Gasteiger partial charge in [0.2, 0.25) is 11.8 Å². The lowest BCUT2D eigenvalue weighted by Crippen LogP contribution is -2.49. The smallest absolute Gasteiger partial charge is 0.225 e. The molecule has 2 amide bonds. The molecule has 0 atom stereocenters. The van der Waals surface area contributed by atoms with Gasteiger partial charge in [-0.15, -0.1) is 0 Å². The highest BCUT2D eigenvalue weighted by Gasteiger charge is 2.34. The van der Waals surface area contributed by atoms with E-state index in [2.05, 4.69) is 16.8 Å². The van der Waals surface area contributed by atoms with Gasteiger partial charge in [0.05, 0.1) is 0 Å². The fourth-order valence-corrected chi connectivity index (χ4v) is 4.24. The zero-order valence-electron chi connectivity index (χ0n) is 14.5. The first kappa shape index (κ1) is 16.7. The normalized spacial score (nSPS) is 30.3. The van der Waals surface area contributed by atoms with Crippen LogP contribution >= 0.6 is 0 Å². The van der Waals surface area contributed by atoms with E-state index in [0.717, 1.165) is 77.8 Å². The van der Waals surface area contributed by atoms with Gasteiger partial charge in [-0.25, -0.2) is 0 Å². The maximum Gasteiger partial charge on any atom is 0.225 e. The zero-order chi connectivity index (χ0) is 16.2. The van der Waals surface area contributed by atoms with E-state index < -0.39 is 0 Å². The number of likely N-dealkylation sites (N-methyl/N-ethyl adjacent to an activating group) is 1. The SMILES string of the molecule is CN1CCN(C(=O)C2CCC(C(=O)N3CCCCC3)CC2)CC1. The van der Waals surface area contributed by atoms with Crippen LogP contribution in [0.1, 0.15) is 44.9 Å². The summed E-state index contributed by atoms with van der Waals surface area (Å²) in [7, 11) is 2.11. The van der Waals surface area contributed by atoms with Crippen molar-refractivity contribution >= 4 is 11.8 Å². The molecule has 2 saturated heterocycles. The third-order valence-electron chi connectivity index (χ3n) is 5.91. The average molecular weight is 321 g/mol. The van der Waals surface area contributed by atoms with Crippen LogP contribution in [0.15, 0.2) is 0 Å². The first-order valence-electron chi connectivity index (χ1n) is 9.41. The molecule has 0 aromatic rings. The van der Waals surface area contributed by atoms with E-state index in [-0.39, 0.29) is 11.8 Å². The quantitative estimate of drug-likeness (QED) is 0.775. The molecule has 0 aromatic heterocycles. The summed E-state index contributed by atoms with van der Waals surface area (Å²) >= 11 is 0. The van der Waals surface area contributed by atoms with Crippen molar-refractivity contribution in [1.29, 1.82) is 0 Å². The summed E-state index contributed by atoms with van der Waals surface area (Å²) in [5, 5.41) is 0. The third kappa shape index (κ3) is 4.06. The minimum Gasteiger partial charge on any atom is -0.342 e. The van der Waals surface area contributed by atoms with Crippen LogP contribution in [0.2, 0.25) is 0 Å². The van der Waals surface area contributed by atoms with Crippen molar-refractivity contribution in [1.82, 2.24) is 14.7 Å². The molecule has 0 spiro atoms. The van der Waals surface area contributed by atoms with Crippen molar-refractivity contribution in [2.75, 3.05) is 46.3 Å². The molecule has 23 heavy (non-hydrogen) atoms. The van der Waals surface area contributed by atoms with Crippen LogP contribution in [0, 0.1) is 11.8 Å². The van der Waals surface area contributed by atoms with E-state index >= 15 is 0 Å². The highest BCUT2D eigenvalue weighted by Crippen LogP contribution is 2.32. The third-order valence-corrected chi connectivity index (χ3v) is 5.91. The number of amides is 2. The van der Waals surface area contributed by atoms with Gasteiger partial charge >= 0.3 is 0 Å². The van der Waals surface area contributed by atoms with Crippen LogP contribution in [0.3, 0.4) is 0 Å². The van der Waals surface area contributed by atoms with Gasteiger partial charge in [-0.3, -0.25) is 9.59 Å². The number of nitrogens with zero attached hydrogens (tertiary/aromatic N) is 3. The molecule has 3 rings (SSSR count). The largest absolute Gasteiger partial charge is 0.342 e. The standard InChI is InChI=1S/C18H31N3O2/c1-19-11-13-21(14-12-19)18(23)16-7-5-15(6-8-16)17(22)20-9-3-2-4-10-20/h15-16H,2-14H2,1H3. The van der Waals surface area contributed by atoms with E-state index in [1.807, 2.05) is 4.90 Å². The Morgan fingerprint density at radius 2 is 1.09 bits per heavy atom. The maximum atomic E-state index is 12.7. The second-order valence-corrected chi connectivity index (χ2v) is 7.56. The summed E-state index contributed by atoms with van der Waals surface area (Å²) in [6.45, 7) is 5.57. The number of hydrogen-bond acceptors (Lipinski definition) is 3. The minimum absolute atomic E-state index is 0.156. The van der Waals surface area contributed by atoms with Crippen molar-refractivity contribution in [3.05, 3.63) is 0 Å². The Balaban J connectivity index is 1.46. The molecular weight excluding hydrogens is 290 g/mol. The number of piperidine rings is 1. The molecule has 0 bridgehead atoms. The monoisotopic (exact) mass is 321 g/mol.